The molecule has 0 saturated heterocycles. The van der Waals surface area contributed by atoms with Crippen molar-refractivity contribution in [1.29, 1.82) is 0 Å². The summed E-state index contributed by atoms with van der Waals surface area (Å²) in [6.45, 7) is 16.3. The lowest BCUT2D eigenvalue weighted by molar-refractivity contribution is -0.0979. The average molecular weight is 387 g/mol. The maximum absolute atomic E-state index is 12.2. The Morgan fingerprint density at radius 3 is 2.04 bits per heavy atom. The SMILES string of the molecule is C=O.CC.CC.CCCC1=CCCc2cc(C)ccc21.Cc1cccc(F)c1. The lowest BCUT2D eigenvalue weighted by Gasteiger charge is -2.17. The number of hydrogen-bond donors (Lipinski definition) is 0. The van der Waals surface area contributed by atoms with Crippen molar-refractivity contribution in [2.45, 2.75) is 74.1 Å². The Morgan fingerprint density at radius 2 is 1.54 bits per heavy atom. The van der Waals surface area contributed by atoms with E-state index >= 15 is 0 Å². The van der Waals surface area contributed by atoms with E-state index in [9.17, 15) is 4.39 Å². The highest BCUT2D eigenvalue weighted by Crippen LogP contribution is 2.29. The van der Waals surface area contributed by atoms with Crippen LogP contribution in [0.3, 0.4) is 0 Å². The number of fused-ring (bicyclic) bond motifs is 1. The summed E-state index contributed by atoms with van der Waals surface area (Å²) < 4.78 is 12.2. The number of hydrogen-bond acceptors (Lipinski definition) is 1. The summed E-state index contributed by atoms with van der Waals surface area (Å²) >= 11 is 0. The highest BCUT2D eigenvalue weighted by atomic mass is 19.1. The topological polar surface area (TPSA) is 17.1 Å². The van der Waals surface area contributed by atoms with Crippen molar-refractivity contribution in [3.8, 4) is 0 Å². The zero-order valence-electron chi connectivity index (χ0n) is 18.9. The zero-order valence-corrected chi connectivity index (χ0v) is 18.9. The molecule has 0 aromatic heterocycles. The van der Waals surface area contributed by atoms with E-state index in [0.717, 1.165) is 5.56 Å². The first-order valence-electron chi connectivity index (χ1n) is 10.4. The molecule has 3 rings (SSSR count). The molecule has 1 nitrogen and oxygen atoms in total. The molecular weight excluding hydrogens is 347 g/mol. The van der Waals surface area contributed by atoms with E-state index in [-0.39, 0.29) is 5.82 Å². The maximum Gasteiger partial charge on any atom is 0.123 e. The van der Waals surface area contributed by atoms with Crippen molar-refractivity contribution in [3.05, 3.63) is 76.6 Å². The monoisotopic (exact) mass is 386 g/mol. The fourth-order valence-corrected chi connectivity index (χ4v) is 2.87. The molecule has 1 aliphatic rings. The van der Waals surface area contributed by atoms with E-state index in [2.05, 4.69) is 38.1 Å². The van der Waals surface area contributed by atoms with E-state index in [0.29, 0.717) is 0 Å². The van der Waals surface area contributed by atoms with Gasteiger partial charge in [-0.25, -0.2) is 4.39 Å². The third-order valence-corrected chi connectivity index (χ3v) is 3.91. The maximum atomic E-state index is 12.2. The minimum absolute atomic E-state index is 0.162. The number of carbonyl (C=O) groups excluding carboxylic acids is 1. The second kappa shape index (κ2) is 18.2. The van der Waals surface area contributed by atoms with Gasteiger partial charge in [-0.2, -0.15) is 0 Å². The smallest absolute Gasteiger partial charge is 0.123 e. The molecular formula is C26H39FO. The van der Waals surface area contributed by atoms with Crippen LogP contribution in [-0.2, 0) is 11.2 Å². The molecule has 0 fully saturated rings. The van der Waals surface area contributed by atoms with E-state index in [1.54, 1.807) is 17.2 Å². The van der Waals surface area contributed by atoms with Crippen LogP contribution in [-0.4, -0.2) is 6.79 Å². The molecule has 0 aliphatic heterocycles. The molecule has 2 aromatic carbocycles. The van der Waals surface area contributed by atoms with Crippen LogP contribution in [0.25, 0.3) is 5.57 Å². The summed E-state index contributed by atoms with van der Waals surface area (Å²) in [5.74, 6) is -0.162. The zero-order chi connectivity index (χ0) is 21.9. The molecule has 1 aliphatic carbocycles. The van der Waals surface area contributed by atoms with E-state index in [4.69, 9.17) is 4.79 Å². The molecule has 0 bridgehead atoms. The third-order valence-electron chi connectivity index (χ3n) is 3.91. The molecule has 0 heterocycles. The Balaban J connectivity index is 0. The minimum atomic E-state index is -0.162. The van der Waals surface area contributed by atoms with Crippen LogP contribution < -0.4 is 0 Å². The number of allylic oxidation sites excluding steroid dienone is 2. The van der Waals surface area contributed by atoms with Gasteiger partial charge < -0.3 is 4.79 Å². The summed E-state index contributed by atoms with van der Waals surface area (Å²) in [5.41, 5.74) is 6.97. The number of carbonyl (C=O) groups is 1. The van der Waals surface area contributed by atoms with Crippen LogP contribution in [0.4, 0.5) is 4.39 Å². The largest absolute Gasteiger partial charge is 0.307 e. The van der Waals surface area contributed by atoms with Crippen molar-refractivity contribution in [3.63, 3.8) is 0 Å². The fraction of sp³-hybridized carbons (Fsp3) is 0.423. The number of rotatable bonds is 2. The van der Waals surface area contributed by atoms with Crippen LogP contribution >= 0.6 is 0 Å². The van der Waals surface area contributed by atoms with Gasteiger partial charge in [-0.1, -0.05) is 83.0 Å². The fourth-order valence-electron chi connectivity index (χ4n) is 2.87. The first-order valence-corrected chi connectivity index (χ1v) is 10.4. The van der Waals surface area contributed by atoms with Crippen LogP contribution in [0.2, 0.25) is 0 Å². The molecule has 156 valence electrons. The Kier molecular flexibility index (Phi) is 18.2. The van der Waals surface area contributed by atoms with Gasteiger partial charge in [0.25, 0.3) is 0 Å². The Morgan fingerprint density at radius 1 is 0.929 bits per heavy atom. The Bertz CT molecular complexity index is 657. The van der Waals surface area contributed by atoms with Gasteiger partial charge in [-0.15, -0.1) is 0 Å². The van der Waals surface area contributed by atoms with Gasteiger partial charge in [0.15, 0.2) is 0 Å². The Labute approximate surface area is 172 Å². The first kappa shape index (κ1) is 28.0. The van der Waals surface area contributed by atoms with E-state index in [1.807, 2.05) is 47.5 Å². The van der Waals surface area contributed by atoms with Gasteiger partial charge in [0, 0.05) is 0 Å². The first-order chi connectivity index (χ1) is 13.6. The van der Waals surface area contributed by atoms with E-state index in [1.165, 1.54) is 48.9 Å². The lowest BCUT2D eigenvalue weighted by Crippen LogP contribution is -2.00. The standard InChI is InChI=1S/C14H18.C7H7F.2C2H6.CH2O/c1-3-5-12-6-4-7-13-10-11(2)8-9-14(12)13;1-6-3-2-4-7(8)5-6;3*1-2/h6,8-10H,3-5,7H2,1-2H3;2-5H,1H3;2*1-2H3;1H2. The minimum Gasteiger partial charge on any atom is -0.307 e. The van der Waals surface area contributed by atoms with Crippen molar-refractivity contribution in [2.75, 3.05) is 0 Å². The van der Waals surface area contributed by atoms with E-state index < -0.39 is 0 Å². The number of aryl methyl sites for hydroxylation is 3. The second-order valence-corrected chi connectivity index (χ2v) is 5.98. The third kappa shape index (κ3) is 10.8. The van der Waals surface area contributed by atoms with Crippen LogP contribution in [0.15, 0.2) is 48.5 Å². The number of halogens is 1. The predicted octanol–water partition coefficient (Wildman–Crippen LogP) is 8.13. The van der Waals surface area contributed by atoms with Crippen molar-refractivity contribution >= 4 is 12.4 Å². The Hall–Kier alpha value is -2.22. The highest BCUT2D eigenvalue weighted by molar-refractivity contribution is 5.70. The molecule has 0 spiro atoms. The quantitative estimate of drug-likeness (QED) is 0.509. The lowest BCUT2D eigenvalue weighted by atomic mass is 9.88. The van der Waals surface area contributed by atoms with Crippen LogP contribution in [0.5, 0.6) is 0 Å². The number of benzene rings is 2. The van der Waals surface area contributed by atoms with Gasteiger partial charge in [0.1, 0.15) is 12.6 Å². The molecule has 0 N–H and O–H groups in total. The van der Waals surface area contributed by atoms with Gasteiger partial charge in [0.2, 0.25) is 0 Å². The normalized spacial score (nSPS) is 10.6. The second-order valence-electron chi connectivity index (χ2n) is 5.98. The highest BCUT2D eigenvalue weighted by Gasteiger charge is 2.11. The van der Waals surface area contributed by atoms with Crippen LogP contribution in [0, 0.1) is 19.7 Å². The van der Waals surface area contributed by atoms with Gasteiger partial charge >= 0.3 is 0 Å². The predicted molar refractivity (Wildman–Crippen MR) is 123 cm³/mol. The molecule has 2 heteroatoms. The summed E-state index contributed by atoms with van der Waals surface area (Å²) in [6, 6.07) is 13.4. The van der Waals surface area contributed by atoms with Gasteiger partial charge in [-0.3, -0.25) is 0 Å². The molecule has 0 atom stereocenters. The summed E-state index contributed by atoms with van der Waals surface area (Å²) in [7, 11) is 0. The van der Waals surface area contributed by atoms with Crippen molar-refractivity contribution in [1.82, 2.24) is 0 Å². The average Bonchev–Trinajstić information content (AvgIpc) is 2.73. The molecule has 0 unspecified atom stereocenters. The van der Waals surface area contributed by atoms with Crippen molar-refractivity contribution < 1.29 is 9.18 Å². The molecule has 0 radical (unpaired) electrons. The summed E-state index contributed by atoms with van der Waals surface area (Å²) in [6.07, 6.45) is 7.35. The molecule has 2 aromatic rings. The molecule has 0 saturated carbocycles. The molecule has 28 heavy (non-hydrogen) atoms. The van der Waals surface area contributed by atoms with Gasteiger partial charge in [-0.05, 0) is 67.5 Å². The summed E-state index contributed by atoms with van der Waals surface area (Å²) in [5, 5.41) is 0. The summed E-state index contributed by atoms with van der Waals surface area (Å²) in [4.78, 5) is 8.00. The molecule has 0 amide bonds. The van der Waals surface area contributed by atoms with Crippen LogP contribution in [0.1, 0.15) is 76.1 Å². The van der Waals surface area contributed by atoms with Crippen molar-refractivity contribution in [2.24, 2.45) is 0 Å². The van der Waals surface area contributed by atoms with Gasteiger partial charge in [0.05, 0.1) is 0 Å².